The number of aryl methyl sites for hydroxylation is 1. The fourth-order valence-corrected chi connectivity index (χ4v) is 1.32. The van der Waals surface area contributed by atoms with Crippen LogP contribution in [0.25, 0.3) is 0 Å². The van der Waals surface area contributed by atoms with E-state index >= 15 is 0 Å². The van der Waals surface area contributed by atoms with Crippen LogP contribution < -0.4 is 0 Å². The Morgan fingerprint density at radius 1 is 0.444 bits per heavy atom. The maximum atomic E-state index is 2.12. The number of rotatable bonds is 0. The van der Waals surface area contributed by atoms with E-state index in [-0.39, 0.29) is 0 Å². The predicted octanol–water partition coefficient (Wildman–Crippen LogP) is 10.1. The minimum atomic E-state index is 1.14. The second-order valence-corrected chi connectivity index (χ2v) is 3.84. The summed E-state index contributed by atoms with van der Waals surface area (Å²) < 4.78 is 0. The van der Waals surface area contributed by atoms with E-state index in [1.54, 1.807) is 0 Å². The zero-order chi connectivity index (χ0) is 22.2. The lowest BCUT2D eigenvalue weighted by Crippen LogP contribution is -1.62. The van der Waals surface area contributed by atoms with Gasteiger partial charge in [0.15, 0.2) is 0 Å². The first-order valence-corrected chi connectivity index (χ1v) is 11.0. The van der Waals surface area contributed by atoms with E-state index in [0.717, 1.165) is 12.8 Å². The van der Waals surface area contributed by atoms with Crippen LogP contribution in [0.4, 0.5) is 0 Å². The first kappa shape index (κ1) is 36.2. The normalized spacial score (nSPS) is 9.89. The summed E-state index contributed by atoms with van der Waals surface area (Å²) in [5.41, 5.74) is 1.32. The van der Waals surface area contributed by atoms with Gasteiger partial charge in [-0.3, -0.25) is 0 Å². The lowest BCUT2D eigenvalue weighted by Gasteiger charge is -1.82. The highest BCUT2D eigenvalue weighted by molar-refractivity contribution is 5.12. The quantitative estimate of drug-likeness (QED) is 0.423. The minimum absolute atomic E-state index is 1.14. The van der Waals surface area contributed by atoms with Crippen molar-refractivity contribution in [3.05, 3.63) is 84.5 Å². The summed E-state index contributed by atoms with van der Waals surface area (Å²) in [5, 5.41) is 0. The fourth-order valence-electron chi connectivity index (χ4n) is 1.32. The van der Waals surface area contributed by atoms with Gasteiger partial charge in [0.25, 0.3) is 0 Å². The van der Waals surface area contributed by atoms with E-state index in [1.165, 1.54) is 5.56 Å². The lowest BCUT2D eigenvalue weighted by atomic mass is 10.2. The molecule has 3 rings (SSSR count). The molecule has 0 spiro atoms. The van der Waals surface area contributed by atoms with Crippen LogP contribution in [0.5, 0.6) is 0 Å². The molecule has 0 bridgehead atoms. The van der Waals surface area contributed by atoms with Crippen molar-refractivity contribution in [2.75, 3.05) is 0 Å². The van der Waals surface area contributed by atoms with Crippen LogP contribution >= 0.6 is 0 Å². The molecule has 0 nitrogen and oxygen atoms in total. The van der Waals surface area contributed by atoms with Crippen LogP contribution in [0, 0.1) is 6.92 Å². The van der Waals surface area contributed by atoms with E-state index in [9.17, 15) is 0 Å². The molecule has 0 heteroatoms. The molecule has 2 aliphatic rings. The minimum Gasteiger partial charge on any atom is -0.0808 e. The summed E-state index contributed by atoms with van der Waals surface area (Å²) >= 11 is 0. The Balaban J connectivity index is -0.0000000737. The fraction of sp³-hybridized carbons (Fsp3) is 0.481. The van der Waals surface area contributed by atoms with Gasteiger partial charge < -0.3 is 0 Å². The summed E-state index contributed by atoms with van der Waals surface area (Å²) in [6.45, 7) is 22.1. The van der Waals surface area contributed by atoms with Gasteiger partial charge >= 0.3 is 0 Å². The molecule has 0 fully saturated rings. The zero-order valence-electron chi connectivity index (χ0n) is 20.4. The number of hydrogen-bond acceptors (Lipinski definition) is 0. The van der Waals surface area contributed by atoms with Crippen molar-refractivity contribution >= 4 is 0 Å². The van der Waals surface area contributed by atoms with Gasteiger partial charge in [0.05, 0.1) is 0 Å². The SMILES string of the molecule is C1=CCC=C1.C1=CCC=C1.CC.CC.CC.CC.CC.Cc1ccccc1. The molecule has 0 atom stereocenters. The lowest BCUT2D eigenvalue weighted by molar-refractivity contribution is 1.45. The maximum Gasteiger partial charge on any atom is -0.0163 e. The molecule has 0 amide bonds. The molecule has 0 heterocycles. The zero-order valence-corrected chi connectivity index (χ0v) is 20.4. The van der Waals surface area contributed by atoms with Gasteiger partial charge in [-0.15, -0.1) is 0 Å². The first-order chi connectivity index (χ1) is 13.4. The van der Waals surface area contributed by atoms with Gasteiger partial charge in [0.1, 0.15) is 0 Å². The topological polar surface area (TPSA) is 0 Å². The van der Waals surface area contributed by atoms with Gasteiger partial charge in [-0.05, 0) is 19.8 Å². The van der Waals surface area contributed by atoms with Gasteiger partial charge in [0.2, 0.25) is 0 Å². The Hall–Kier alpha value is -1.82. The molecule has 0 radical (unpaired) electrons. The molecule has 27 heavy (non-hydrogen) atoms. The van der Waals surface area contributed by atoms with Gasteiger partial charge in [-0.1, -0.05) is 154 Å². The van der Waals surface area contributed by atoms with Crippen molar-refractivity contribution in [1.29, 1.82) is 0 Å². The van der Waals surface area contributed by atoms with Crippen LogP contribution in [0.2, 0.25) is 0 Å². The molecule has 0 saturated carbocycles. The van der Waals surface area contributed by atoms with Crippen molar-refractivity contribution < 1.29 is 0 Å². The van der Waals surface area contributed by atoms with Crippen molar-refractivity contribution in [2.24, 2.45) is 0 Å². The molecular weight excluding hydrogens is 324 g/mol. The number of benzene rings is 1. The second kappa shape index (κ2) is 49.6. The summed E-state index contributed by atoms with van der Waals surface area (Å²) in [4.78, 5) is 0. The monoisotopic (exact) mass is 374 g/mol. The molecule has 1 aromatic rings. The smallest absolute Gasteiger partial charge is 0.0163 e. The predicted molar refractivity (Wildman–Crippen MR) is 134 cm³/mol. The maximum absolute atomic E-state index is 2.12. The Labute approximate surface area is 173 Å². The van der Waals surface area contributed by atoms with Crippen molar-refractivity contribution in [3.8, 4) is 0 Å². The van der Waals surface area contributed by atoms with Gasteiger partial charge in [-0.25, -0.2) is 0 Å². The average molecular weight is 375 g/mol. The van der Waals surface area contributed by atoms with Crippen LogP contribution in [0.15, 0.2) is 78.9 Å². The molecule has 0 unspecified atom stereocenters. The third kappa shape index (κ3) is 45.4. The molecule has 158 valence electrons. The summed E-state index contributed by atoms with van der Waals surface area (Å²) in [7, 11) is 0. The Morgan fingerprint density at radius 2 is 0.704 bits per heavy atom. The Kier molecular flexibility index (Phi) is 66.4. The van der Waals surface area contributed by atoms with E-state index in [2.05, 4.69) is 67.7 Å². The van der Waals surface area contributed by atoms with Crippen LogP contribution in [-0.4, -0.2) is 0 Å². The highest BCUT2D eigenvalue weighted by Gasteiger charge is 1.73. The molecule has 0 aliphatic heterocycles. The van der Waals surface area contributed by atoms with E-state index in [0.29, 0.717) is 0 Å². The van der Waals surface area contributed by atoms with Crippen LogP contribution in [0.1, 0.15) is 87.6 Å². The molecule has 1 aromatic carbocycles. The van der Waals surface area contributed by atoms with Gasteiger partial charge in [0, 0.05) is 0 Å². The first-order valence-electron chi connectivity index (χ1n) is 11.0. The highest BCUT2D eigenvalue weighted by atomic mass is 13.8. The molecule has 0 N–H and O–H groups in total. The summed E-state index contributed by atoms with van der Waals surface area (Å²) in [6.07, 6.45) is 19.0. The summed E-state index contributed by atoms with van der Waals surface area (Å²) in [5.74, 6) is 0. The Bertz CT molecular complexity index is 349. The van der Waals surface area contributed by atoms with E-state index < -0.39 is 0 Å². The average Bonchev–Trinajstić information content (AvgIpc) is 3.55. The standard InChI is InChI=1S/C7H8.2C5H6.5C2H6/c1-7-5-3-2-4-6-7;2*1-2-4-5-3-1;5*1-2/h2-6H,1H3;2*1-4H,5H2;5*1-2H3. The van der Waals surface area contributed by atoms with Crippen molar-refractivity contribution in [2.45, 2.75) is 89.0 Å². The number of allylic oxidation sites excluding steroid dienone is 8. The third-order valence-corrected chi connectivity index (χ3v) is 2.25. The van der Waals surface area contributed by atoms with Crippen LogP contribution in [0.3, 0.4) is 0 Å². The Morgan fingerprint density at radius 3 is 0.815 bits per heavy atom. The third-order valence-electron chi connectivity index (χ3n) is 2.25. The largest absolute Gasteiger partial charge is 0.0808 e. The summed E-state index contributed by atoms with van der Waals surface area (Å²) in [6, 6.07) is 10.3. The highest BCUT2D eigenvalue weighted by Crippen LogP contribution is 1.94. The number of hydrogen-bond donors (Lipinski definition) is 0. The molecule has 0 aromatic heterocycles. The molecule has 0 saturated heterocycles. The second-order valence-electron chi connectivity index (χ2n) is 3.84. The van der Waals surface area contributed by atoms with Crippen LogP contribution in [-0.2, 0) is 0 Å². The molecule has 2 aliphatic carbocycles. The van der Waals surface area contributed by atoms with E-state index in [4.69, 9.17) is 0 Å². The van der Waals surface area contributed by atoms with Gasteiger partial charge in [-0.2, -0.15) is 0 Å². The van der Waals surface area contributed by atoms with E-state index in [1.807, 2.05) is 87.4 Å². The van der Waals surface area contributed by atoms with Crippen molar-refractivity contribution in [1.82, 2.24) is 0 Å². The molecular formula is C27H50. The van der Waals surface area contributed by atoms with Crippen molar-refractivity contribution in [3.63, 3.8) is 0 Å².